The van der Waals surface area contributed by atoms with Gasteiger partial charge in [-0.25, -0.2) is 0 Å². The molecule has 4 aromatic carbocycles. The van der Waals surface area contributed by atoms with E-state index in [9.17, 15) is 0 Å². The first-order chi connectivity index (χ1) is 13.9. The van der Waals surface area contributed by atoms with Crippen molar-refractivity contribution in [3.63, 3.8) is 0 Å². The Labute approximate surface area is 182 Å². The Kier molecular flexibility index (Phi) is 5.23. The predicted octanol–water partition coefficient (Wildman–Crippen LogP) is 6.08. The van der Waals surface area contributed by atoms with Gasteiger partial charge in [-0.3, -0.25) is 0 Å². The molecule has 0 aromatic heterocycles. The Hall–Kier alpha value is -2.21. The molecule has 0 spiro atoms. The molecule has 0 radical (unpaired) electrons. The molecule has 0 heterocycles. The van der Waals surface area contributed by atoms with Gasteiger partial charge >= 0.3 is 183 Å². The molecule has 146 valence electrons. The van der Waals surface area contributed by atoms with E-state index in [4.69, 9.17) is 0 Å². The average molecular weight is 461 g/mol. The van der Waals surface area contributed by atoms with Gasteiger partial charge in [-0.2, -0.15) is 0 Å². The zero-order valence-corrected chi connectivity index (χ0v) is 19.6. The third-order valence-corrected chi connectivity index (χ3v) is 15.8. The van der Waals surface area contributed by atoms with Crippen LogP contribution < -0.4 is 21.2 Å². The van der Waals surface area contributed by atoms with Crippen molar-refractivity contribution >= 4 is 42.0 Å². The number of aryl methyl sites for hydroxylation is 3. The molecule has 0 fully saturated rings. The third-order valence-electron chi connectivity index (χ3n) is 5.80. The topological polar surface area (TPSA) is 0 Å². The van der Waals surface area contributed by atoms with E-state index in [0.717, 1.165) is 0 Å². The zero-order valence-electron chi connectivity index (χ0n) is 17.1. The Bertz CT molecular complexity index is 998. The molecular formula is C27H26BrP. The van der Waals surface area contributed by atoms with Crippen LogP contribution in [-0.4, -0.2) is 0 Å². The van der Waals surface area contributed by atoms with Crippen LogP contribution >= 0.6 is 20.8 Å². The standard InChI is InChI=1S/C27H26BrP/c1-21-9-15-25(16-10-21)29(28,24-7-5-4-6-8-24,26-17-11-22(2)12-18-26)27-19-13-23(3)14-20-27/h4-20H,1-3H3. The van der Waals surface area contributed by atoms with Crippen LogP contribution in [0.5, 0.6) is 0 Å². The van der Waals surface area contributed by atoms with Crippen LogP contribution in [0.3, 0.4) is 0 Å². The van der Waals surface area contributed by atoms with E-state index in [1.54, 1.807) is 0 Å². The van der Waals surface area contributed by atoms with Gasteiger partial charge in [0.25, 0.3) is 0 Å². The molecule has 0 unspecified atom stereocenters. The predicted molar refractivity (Wildman–Crippen MR) is 134 cm³/mol. The van der Waals surface area contributed by atoms with Crippen molar-refractivity contribution in [2.75, 3.05) is 0 Å². The Morgan fingerprint density at radius 2 is 0.690 bits per heavy atom. The van der Waals surface area contributed by atoms with E-state index in [1.165, 1.54) is 37.9 Å². The van der Waals surface area contributed by atoms with Gasteiger partial charge in [-0.1, -0.05) is 0 Å². The molecule has 0 nitrogen and oxygen atoms in total. The fraction of sp³-hybridized carbons (Fsp3) is 0.111. The summed E-state index contributed by atoms with van der Waals surface area (Å²) in [6.07, 6.45) is 0. The van der Waals surface area contributed by atoms with Crippen molar-refractivity contribution in [3.8, 4) is 0 Å². The monoisotopic (exact) mass is 460 g/mol. The second-order valence-electron chi connectivity index (χ2n) is 7.85. The van der Waals surface area contributed by atoms with Gasteiger partial charge in [0.05, 0.1) is 0 Å². The summed E-state index contributed by atoms with van der Waals surface area (Å²) in [6.45, 7) is 6.44. The van der Waals surface area contributed by atoms with Gasteiger partial charge in [0.15, 0.2) is 0 Å². The maximum absolute atomic E-state index is 4.53. The SMILES string of the molecule is Cc1ccc(P(Br)(c2ccccc2)(c2ccc(C)cc2)c2ccc(C)cc2)cc1. The number of rotatable bonds is 4. The van der Waals surface area contributed by atoms with Crippen LogP contribution in [0.25, 0.3) is 0 Å². The summed E-state index contributed by atoms with van der Waals surface area (Å²) in [4.78, 5) is 0. The molecule has 0 saturated heterocycles. The van der Waals surface area contributed by atoms with Gasteiger partial charge in [-0.05, 0) is 0 Å². The summed E-state index contributed by atoms with van der Waals surface area (Å²) >= 11 is 4.53. The average Bonchev–Trinajstić information content (AvgIpc) is 2.75. The summed E-state index contributed by atoms with van der Waals surface area (Å²) in [5, 5.41) is 2.20. The maximum atomic E-state index is 4.53. The summed E-state index contributed by atoms with van der Waals surface area (Å²) in [7, 11) is 0. The first kappa shape index (κ1) is 20.1. The minimum atomic E-state index is -3.08. The van der Waals surface area contributed by atoms with E-state index in [1.807, 2.05) is 0 Å². The fourth-order valence-electron chi connectivity index (χ4n) is 4.08. The second kappa shape index (κ2) is 7.56. The van der Waals surface area contributed by atoms with Crippen molar-refractivity contribution in [1.29, 1.82) is 0 Å². The molecule has 0 saturated carbocycles. The number of hydrogen-bond acceptors (Lipinski definition) is 0. The first-order valence-corrected chi connectivity index (χ1v) is 14.2. The second-order valence-corrected chi connectivity index (χ2v) is 16.2. The summed E-state index contributed by atoms with van der Waals surface area (Å²) < 4.78 is 0. The van der Waals surface area contributed by atoms with E-state index in [-0.39, 0.29) is 0 Å². The molecule has 0 aliphatic heterocycles. The molecule has 29 heavy (non-hydrogen) atoms. The van der Waals surface area contributed by atoms with Crippen LogP contribution in [-0.2, 0) is 0 Å². The quantitative estimate of drug-likeness (QED) is 0.324. The molecule has 0 aliphatic carbocycles. The first-order valence-electron chi connectivity index (χ1n) is 9.94. The molecule has 2 heteroatoms. The molecule has 0 aliphatic rings. The van der Waals surface area contributed by atoms with Gasteiger partial charge in [0.2, 0.25) is 0 Å². The molecule has 0 N–H and O–H groups in total. The van der Waals surface area contributed by atoms with E-state index in [0.29, 0.717) is 0 Å². The van der Waals surface area contributed by atoms with Crippen molar-refractivity contribution in [2.45, 2.75) is 20.8 Å². The Morgan fingerprint density at radius 3 is 1.00 bits per heavy atom. The molecule has 0 bridgehead atoms. The Morgan fingerprint density at radius 1 is 0.414 bits per heavy atom. The fourth-order valence-corrected chi connectivity index (χ4v) is 11.6. The van der Waals surface area contributed by atoms with Crippen LogP contribution in [0.4, 0.5) is 0 Å². The van der Waals surface area contributed by atoms with Crippen molar-refractivity contribution < 1.29 is 0 Å². The summed E-state index contributed by atoms with van der Waals surface area (Å²) in [6, 6.07) is 38.1. The van der Waals surface area contributed by atoms with Gasteiger partial charge < -0.3 is 0 Å². The van der Waals surface area contributed by atoms with E-state index < -0.39 is 5.31 Å². The number of hydrogen-bond donors (Lipinski definition) is 0. The van der Waals surface area contributed by atoms with Crippen molar-refractivity contribution in [2.24, 2.45) is 0 Å². The van der Waals surface area contributed by atoms with E-state index in [2.05, 4.69) is 139 Å². The van der Waals surface area contributed by atoms with Crippen molar-refractivity contribution in [1.82, 2.24) is 0 Å². The minimum absolute atomic E-state index is 1.27. The van der Waals surface area contributed by atoms with Crippen LogP contribution in [0.2, 0.25) is 0 Å². The third kappa shape index (κ3) is 3.18. The molecule has 0 amide bonds. The molecule has 4 aromatic rings. The van der Waals surface area contributed by atoms with Crippen LogP contribution in [0.1, 0.15) is 16.7 Å². The molecule has 0 atom stereocenters. The number of benzene rings is 4. The Balaban J connectivity index is 2.20. The zero-order chi connectivity index (χ0) is 20.5. The number of halogens is 1. The van der Waals surface area contributed by atoms with E-state index >= 15 is 0 Å². The van der Waals surface area contributed by atoms with Crippen molar-refractivity contribution in [3.05, 3.63) is 120 Å². The molecule has 4 rings (SSSR count). The van der Waals surface area contributed by atoms with Gasteiger partial charge in [-0.15, -0.1) is 0 Å². The summed E-state index contributed by atoms with van der Waals surface area (Å²) in [5.74, 6) is 0. The van der Waals surface area contributed by atoms with Crippen LogP contribution in [0.15, 0.2) is 103 Å². The van der Waals surface area contributed by atoms with Crippen LogP contribution in [0, 0.1) is 20.8 Å². The normalized spacial score (nSPS) is 12.9. The van der Waals surface area contributed by atoms with Gasteiger partial charge in [0.1, 0.15) is 0 Å². The van der Waals surface area contributed by atoms with Gasteiger partial charge in [0, 0.05) is 0 Å². The molecular weight excluding hydrogens is 435 g/mol. The summed E-state index contributed by atoms with van der Waals surface area (Å²) in [5.41, 5.74) is 3.81.